The van der Waals surface area contributed by atoms with Crippen LogP contribution in [0.5, 0.6) is 0 Å². The first-order valence-electron chi connectivity index (χ1n) is 8.49. The van der Waals surface area contributed by atoms with Crippen molar-refractivity contribution in [3.8, 4) is 0 Å². The highest BCUT2D eigenvalue weighted by atomic mass is 35.5. The molecule has 1 fully saturated rings. The lowest BCUT2D eigenvalue weighted by molar-refractivity contribution is -0.138. The van der Waals surface area contributed by atoms with Crippen LogP contribution in [0.1, 0.15) is 30.3 Å². The molecule has 2 aromatic rings. The van der Waals surface area contributed by atoms with Gasteiger partial charge in [-0.3, -0.25) is 4.79 Å². The molecule has 2 N–H and O–H groups in total. The third-order valence-electron chi connectivity index (χ3n) is 4.44. The lowest BCUT2D eigenvalue weighted by Crippen LogP contribution is -2.44. The van der Waals surface area contributed by atoms with E-state index in [1.54, 1.807) is 17.0 Å². The second kappa shape index (κ2) is 9.61. The average Bonchev–Trinajstić information content (AvgIpc) is 3.17. The van der Waals surface area contributed by atoms with Crippen molar-refractivity contribution < 1.29 is 14.3 Å². The first kappa shape index (κ1) is 19.5. The highest BCUT2D eigenvalue weighted by Gasteiger charge is 2.28. The number of carbonyl (C=O) groups is 1. The van der Waals surface area contributed by atoms with Gasteiger partial charge in [0.25, 0.3) is 0 Å². The van der Waals surface area contributed by atoms with Crippen molar-refractivity contribution in [2.45, 2.75) is 25.5 Å². The van der Waals surface area contributed by atoms with Crippen LogP contribution in [0.15, 0.2) is 53.1 Å². The molecular weight excluding hydrogens is 340 g/mol. The molecule has 6 heteroatoms. The van der Waals surface area contributed by atoms with Gasteiger partial charge in [-0.05, 0) is 37.1 Å². The van der Waals surface area contributed by atoms with Gasteiger partial charge in [0.15, 0.2) is 0 Å². The summed E-state index contributed by atoms with van der Waals surface area (Å²) in [5.74, 6) is 0.561. The number of hydrogen-bond acceptors (Lipinski definition) is 4. The van der Waals surface area contributed by atoms with Crippen LogP contribution >= 0.6 is 12.4 Å². The Hall–Kier alpha value is -1.82. The fraction of sp³-hybridized carbons (Fsp3) is 0.421. The van der Waals surface area contributed by atoms with Crippen LogP contribution in [-0.2, 0) is 11.3 Å². The topological polar surface area (TPSA) is 65.7 Å². The highest BCUT2D eigenvalue weighted by Crippen LogP contribution is 2.20. The van der Waals surface area contributed by atoms with Gasteiger partial charge in [0.2, 0.25) is 5.91 Å². The second-order valence-electron chi connectivity index (χ2n) is 6.28. The lowest BCUT2D eigenvalue weighted by atomic mass is 9.97. The van der Waals surface area contributed by atoms with Crippen molar-refractivity contribution >= 4 is 18.3 Å². The molecule has 25 heavy (non-hydrogen) atoms. The van der Waals surface area contributed by atoms with E-state index in [9.17, 15) is 9.90 Å². The fourth-order valence-corrected chi connectivity index (χ4v) is 3.14. The smallest absolute Gasteiger partial charge is 0.227 e. The number of rotatable bonds is 6. The predicted octanol–water partition coefficient (Wildman–Crippen LogP) is 2.76. The van der Waals surface area contributed by atoms with Crippen molar-refractivity contribution in [2.75, 3.05) is 19.6 Å². The molecule has 2 heterocycles. The molecule has 5 nitrogen and oxygen atoms in total. The molecule has 0 bridgehead atoms. The Morgan fingerprint density at radius 1 is 1.28 bits per heavy atom. The summed E-state index contributed by atoms with van der Waals surface area (Å²) in [7, 11) is 0. The Balaban J connectivity index is 0.00000225. The van der Waals surface area contributed by atoms with Crippen LogP contribution in [0.3, 0.4) is 0 Å². The molecule has 0 radical (unpaired) electrons. The molecule has 0 saturated carbocycles. The van der Waals surface area contributed by atoms with Gasteiger partial charge in [0.1, 0.15) is 11.9 Å². The van der Waals surface area contributed by atoms with Crippen molar-refractivity contribution in [3.05, 3.63) is 60.1 Å². The summed E-state index contributed by atoms with van der Waals surface area (Å²) in [5, 5.41) is 13.7. The molecule has 2 atom stereocenters. The minimum Gasteiger partial charge on any atom is -0.467 e. The van der Waals surface area contributed by atoms with Gasteiger partial charge in [0, 0.05) is 13.1 Å². The number of nitrogens with zero attached hydrogens (tertiary/aromatic N) is 1. The number of amides is 1. The summed E-state index contributed by atoms with van der Waals surface area (Å²) in [4.78, 5) is 14.7. The standard InChI is InChI=1S/C19H24N2O3.ClH/c22-17(18-9-5-11-24-18)14-21(13-15-6-2-1-3-7-15)19(23)16-8-4-10-20-12-16;/h1-3,5-7,9,11,16-17,20,22H,4,8,10,12-14H2;1H. The number of benzene rings is 1. The van der Waals surface area contributed by atoms with Gasteiger partial charge in [0.05, 0.1) is 18.7 Å². The summed E-state index contributed by atoms with van der Waals surface area (Å²) in [6.45, 7) is 2.41. The van der Waals surface area contributed by atoms with Crippen molar-refractivity contribution in [1.82, 2.24) is 10.2 Å². The SMILES string of the molecule is Cl.O=C(C1CCCNC1)N(Cc1ccccc1)CC(O)c1ccco1. The van der Waals surface area contributed by atoms with E-state index in [1.165, 1.54) is 6.26 Å². The van der Waals surface area contributed by atoms with E-state index in [2.05, 4.69) is 5.32 Å². The van der Waals surface area contributed by atoms with Crippen LogP contribution in [-0.4, -0.2) is 35.5 Å². The maximum Gasteiger partial charge on any atom is 0.227 e. The maximum atomic E-state index is 13.0. The first-order chi connectivity index (χ1) is 11.7. The highest BCUT2D eigenvalue weighted by molar-refractivity contribution is 5.85. The van der Waals surface area contributed by atoms with Crippen molar-refractivity contribution in [1.29, 1.82) is 0 Å². The number of halogens is 1. The van der Waals surface area contributed by atoms with E-state index in [-0.39, 0.29) is 30.8 Å². The summed E-state index contributed by atoms with van der Waals surface area (Å²) in [6.07, 6.45) is 2.63. The number of aliphatic hydroxyl groups is 1. The third kappa shape index (κ3) is 5.33. The van der Waals surface area contributed by atoms with Gasteiger partial charge in [-0.1, -0.05) is 30.3 Å². The first-order valence-corrected chi connectivity index (χ1v) is 8.49. The Morgan fingerprint density at radius 2 is 2.08 bits per heavy atom. The molecule has 0 spiro atoms. The van der Waals surface area contributed by atoms with Gasteiger partial charge in [-0.25, -0.2) is 0 Å². The van der Waals surface area contributed by atoms with Gasteiger partial charge in [-0.2, -0.15) is 0 Å². The van der Waals surface area contributed by atoms with Gasteiger partial charge < -0.3 is 19.7 Å². The normalized spacial score (nSPS) is 18.2. The summed E-state index contributed by atoms with van der Waals surface area (Å²) in [6, 6.07) is 13.4. The number of piperidine rings is 1. The fourth-order valence-electron chi connectivity index (χ4n) is 3.14. The number of furan rings is 1. The Labute approximate surface area is 154 Å². The molecule has 136 valence electrons. The Morgan fingerprint density at radius 3 is 2.72 bits per heavy atom. The summed E-state index contributed by atoms with van der Waals surface area (Å²) >= 11 is 0. The molecular formula is C19H25ClN2O3. The molecule has 1 amide bonds. The van der Waals surface area contributed by atoms with Crippen LogP contribution in [0.25, 0.3) is 0 Å². The van der Waals surface area contributed by atoms with E-state index < -0.39 is 6.10 Å². The van der Waals surface area contributed by atoms with E-state index in [4.69, 9.17) is 4.42 Å². The molecule has 1 aliphatic rings. The maximum absolute atomic E-state index is 13.0. The molecule has 1 saturated heterocycles. The molecule has 1 aliphatic heterocycles. The zero-order valence-corrected chi connectivity index (χ0v) is 15.0. The summed E-state index contributed by atoms with van der Waals surface area (Å²) in [5.41, 5.74) is 1.06. The van der Waals surface area contributed by atoms with E-state index >= 15 is 0 Å². The van der Waals surface area contributed by atoms with Gasteiger partial charge >= 0.3 is 0 Å². The number of nitrogens with one attached hydrogen (secondary N) is 1. The molecule has 1 aromatic carbocycles. The number of aliphatic hydroxyl groups excluding tert-OH is 1. The quantitative estimate of drug-likeness (QED) is 0.827. The largest absolute Gasteiger partial charge is 0.467 e. The van der Waals surface area contributed by atoms with Crippen molar-refractivity contribution in [2.24, 2.45) is 5.92 Å². The number of carbonyl (C=O) groups excluding carboxylic acids is 1. The zero-order chi connectivity index (χ0) is 16.8. The molecule has 1 aromatic heterocycles. The van der Waals surface area contributed by atoms with Gasteiger partial charge in [-0.15, -0.1) is 12.4 Å². The van der Waals surface area contributed by atoms with Crippen LogP contribution in [0.2, 0.25) is 0 Å². The van der Waals surface area contributed by atoms with Crippen molar-refractivity contribution in [3.63, 3.8) is 0 Å². The minimum absolute atomic E-state index is 0. The average molecular weight is 365 g/mol. The Kier molecular flexibility index (Phi) is 7.50. The molecule has 2 unspecified atom stereocenters. The zero-order valence-electron chi connectivity index (χ0n) is 14.1. The van der Waals surface area contributed by atoms with Crippen LogP contribution in [0, 0.1) is 5.92 Å². The Bertz CT molecular complexity index is 627. The van der Waals surface area contributed by atoms with Crippen LogP contribution in [0.4, 0.5) is 0 Å². The minimum atomic E-state index is -0.816. The number of hydrogen-bond donors (Lipinski definition) is 2. The predicted molar refractivity (Wildman–Crippen MR) is 98.4 cm³/mol. The summed E-state index contributed by atoms with van der Waals surface area (Å²) < 4.78 is 5.27. The molecule has 0 aliphatic carbocycles. The van der Waals surface area contributed by atoms with Crippen LogP contribution < -0.4 is 5.32 Å². The van der Waals surface area contributed by atoms with E-state index in [0.717, 1.165) is 24.9 Å². The lowest BCUT2D eigenvalue weighted by Gasteiger charge is -2.31. The molecule has 3 rings (SSSR count). The third-order valence-corrected chi connectivity index (χ3v) is 4.44. The second-order valence-corrected chi connectivity index (χ2v) is 6.28. The monoisotopic (exact) mass is 364 g/mol. The van der Waals surface area contributed by atoms with E-state index in [0.29, 0.717) is 18.8 Å². The van der Waals surface area contributed by atoms with E-state index in [1.807, 2.05) is 30.3 Å².